The summed E-state index contributed by atoms with van der Waals surface area (Å²) in [6.45, 7) is 0.781. The van der Waals surface area contributed by atoms with Gasteiger partial charge in [0, 0.05) is 52.3 Å². The third-order valence-electron chi connectivity index (χ3n) is 4.57. The Balaban J connectivity index is 1.64. The lowest BCUT2D eigenvalue weighted by Crippen LogP contribution is -2.44. The summed E-state index contributed by atoms with van der Waals surface area (Å²) < 4.78 is 28.1. The average molecular weight is 383 g/mol. The number of imide groups is 1. The Bertz CT molecular complexity index is 817. The van der Waals surface area contributed by atoms with Gasteiger partial charge in [-0.2, -0.15) is 9.40 Å². The van der Waals surface area contributed by atoms with E-state index in [9.17, 15) is 22.8 Å². The SMILES string of the molecule is Cn1cc(S(=O)(=O)N2CCCN(C(=O)CN3C(=O)CCC3=O)CC2)cn1. The zero-order valence-electron chi connectivity index (χ0n) is 14.5. The number of carbonyl (C=O) groups is 3. The number of aryl methyl sites for hydroxylation is 1. The predicted molar refractivity (Wildman–Crippen MR) is 89.1 cm³/mol. The molecule has 3 rings (SSSR count). The number of amides is 3. The second-order valence-corrected chi connectivity index (χ2v) is 8.30. The van der Waals surface area contributed by atoms with E-state index in [2.05, 4.69) is 5.10 Å². The molecular formula is C15H21N5O5S. The molecule has 0 N–H and O–H groups in total. The highest BCUT2D eigenvalue weighted by Gasteiger charge is 2.33. The molecule has 0 unspecified atom stereocenters. The van der Waals surface area contributed by atoms with Crippen LogP contribution in [0.15, 0.2) is 17.3 Å². The summed E-state index contributed by atoms with van der Waals surface area (Å²) in [4.78, 5) is 38.3. The Kier molecular flexibility index (Phi) is 5.10. The first kappa shape index (κ1) is 18.5. The van der Waals surface area contributed by atoms with Crippen LogP contribution in [0.3, 0.4) is 0 Å². The summed E-state index contributed by atoms with van der Waals surface area (Å²) in [7, 11) is -2.02. The van der Waals surface area contributed by atoms with E-state index in [0.29, 0.717) is 19.5 Å². The number of nitrogens with zero attached hydrogens (tertiary/aromatic N) is 5. The minimum Gasteiger partial charge on any atom is -0.340 e. The highest BCUT2D eigenvalue weighted by Crippen LogP contribution is 2.17. The molecule has 0 saturated carbocycles. The smallest absolute Gasteiger partial charge is 0.246 e. The molecule has 3 heterocycles. The van der Waals surface area contributed by atoms with Crippen LogP contribution in [-0.2, 0) is 31.5 Å². The van der Waals surface area contributed by atoms with Gasteiger partial charge in [-0.05, 0) is 6.42 Å². The van der Waals surface area contributed by atoms with Crippen molar-refractivity contribution in [2.45, 2.75) is 24.2 Å². The molecule has 0 atom stereocenters. The molecule has 0 aromatic carbocycles. The van der Waals surface area contributed by atoms with Crippen molar-refractivity contribution < 1.29 is 22.8 Å². The number of rotatable bonds is 4. The van der Waals surface area contributed by atoms with Crippen molar-refractivity contribution >= 4 is 27.7 Å². The molecule has 1 aromatic rings. The van der Waals surface area contributed by atoms with Gasteiger partial charge >= 0.3 is 0 Å². The number of hydrogen-bond donors (Lipinski definition) is 0. The maximum atomic E-state index is 12.7. The summed E-state index contributed by atoms with van der Waals surface area (Å²) in [5.41, 5.74) is 0. The maximum Gasteiger partial charge on any atom is 0.246 e. The van der Waals surface area contributed by atoms with Crippen LogP contribution < -0.4 is 0 Å². The number of carbonyl (C=O) groups excluding carboxylic acids is 3. The van der Waals surface area contributed by atoms with Crippen LogP contribution in [0.1, 0.15) is 19.3 Å². The molecule has 2 fully saturated rings. The quantitative estimate of drug-likeness (QED) is 0.603. The lowest BCUT2D eigenvalue weighted by Gasteiger charge is -2.23. The van der Waals surface area contributed by atoms with E-state index in [1.54, 1.807) is 7.05 Å². The molecule has 142 valence electrons. The monoisotopic (exact) mass is 383 g/mol. The molecule has 2 saturated heterocycles. The lowest BCUT2D eigenvalue weighted by molar-refractivity contribution is -0.145. The van der Waals surface area contributed by atoms with Crippen molar-refractivity contribution in [3.63, 3.8) is 0 Å². The van der Waals surface area contributed by atoms with Gasteiger partial charge < -0.3 is 4.90 Å². The first-order chi connectivity index (χ1) is 12.3. The van der Waals surface area contributed by atoms with Gasteiger partial charge in [-0.3, -0.25) is 24.0 Å². The third kappa shape index (κ3) is 3.63. The van der Waals surface area contributed by atoms with E-state index < -0.39 is 10.0 Å². The molecule has 0 radical (unpaired) electrons. The Morgan fingerprint density at radius 3 is 2.42 bits per heavy atom. The molecule has 0 spiro atoms. The minimum atomic E-state index is -3.66. The first-order valence-electron chi connectivity index (χ1n) is 8.39. The normalized spacial score (nSPS) is 19.9. The van der Waals surface area contributed by atoms with Crippen LogP contribution in [0.5, 0.6) is 0 Å². The molecule has 10 nitrogen and oxygen atoms in total. The van der Waals surface area contributed by atoms with Gasteiger partial charge in [-0.1, -0.05) is 0 Å². The van der Waals surface area contributed by atoms with Crippen LogP contribution in [-0.4, -0.2) is 82.7 Å². The number of likely N-dealkylation sites (tertiary alicyclic amines) is 1. The molecule has 11 heteroatoms. The molecule has 2 aliphatic heterocycles. The summed E-state index contributed by atoms with van der Waals surface area (Å²) >= 11 is 0. The number of hydrogen-bond acceptors (Lipinski definition) is 6. The minimum absolute atomic E-state index is 0.119. The van der Waals surface area contributed by atoms with E-state index in [1.165, 1.54) is 26.3 Å². The molecular weight excluding hydrogens is 362 g/mol. The van der Waals surface area contributed by atoms with Gasteiger partial charge in [0.25, 0.3) is 0 Å². The fourth-order valence-electron chi connectivity index (χ4n) is 3.10. The Hall–Kier alpha value is -2.27. The molecule has 1 aromatic heterocycles. The Labute approximate surface area is 151 Å². The summed E-state index contributed by atoms with van der Waals surface area (Å²) in [6, 6.07) is 0. The van der Waals surface area contributed by atoms with E-state index in [1.807, 2.05) is 0 Å². The van der Waals surface area contributed by atoms with E-state index >= 15 is 0 Å². The largest absolute Gasteiger partial charge is 0.340 e. The third-order valence-corrected chi connectivity index (χ3v) is 6.43. The van der Waals surface area contributed by atoms with Gasteiger partial charge in [0.05, 0.1) is 6.20 Å². The van der Waals surface area contributed by atoms with Gasteiger partial charge in [0.1, 0.15) is 11.4 Å². The predicted octanol–water partition coefficient (Wildman–Crippen LogP) is -1.21. The van der Waals surface area contributed by atoms with Crippen molar-refractivity contribution in [1.29, 1.82) is 0 Å². The molecule has 26 heavy (non-hydrogen) atoms. The van der Waals surface area contributed by atoms with Crippen LogP contribution >= 0.6 is 0 Å². The van der Waals surface area contributed by atoms with Crippen molar-refractivity contribution in [2.75, 3.05) is 32.7 Å². The molecule has 0 aliphatic carbocycles. The van der Waals surface area contributed by atoms with Crippen molar-refractivity contribution in [2.24, 2.45) is 7.05 Å². The fraction of sp³-hybridized carbons (Fsp3) is 0.600. The van der Waals surface area contributed by atoms with Gasteiger partial charge in [0.2, 0.25) is 27.7 Å². The molecule has 3 amide bonds. The zero-order chi connectivity index (χ0) is 18.9. The summed E-state index contributed by atoms with van der Waals surface area (Å²) in [6.07, 6.45) is 3.50. The second-order valence-electron chi connectivity index (χ2n) is 6.36. The summed E-state index contributed by atoms with van der Waals surface area (Å²) in [5, 5.41) is 3.89. The zero-order valence-corrected chi connectivity index (χ0v) is 15.3. The van der Waals surface area contributed by atoms with Crippen LogP contribution in [0, 0.1) is 0 Å². The standard InChI is InChI=1S/C15H21N5O5S/c1-17-10-12(9-16-17)26(24,25)19-6-2-5-18(7-8-19)15(23)11-20-13(21)3-4-14(20)22/h9-10H,2-8,11H2,1H3. The average Bonchev–Trinajstić information content (AvgIpc) is 3.05. The van der Waals surface area contributed by atoms with E-state index in [4.69, 9.17) is 0 Å². The highest BCUT2D eigenvalue weighted by atomic mass is 32.2. The van der Waals surface area contributed by atoms with Gasteiger partial charge in [0.15, 0.2) is 0 Å². The highest BCUT2D eigenvalue weighted by molar-refractivity contribution is 7.89. The molecule has 0 bridgehead atoms. The second kappa shape index (κ2) is 7.16. The first-order valence-corrected chi connectivity index (χ1v) is 9.83. The summed E-state index contributed by atoms with van der Waals surface area (Å²) in [5.74, 6) is -1.01. The van der Waals surface area contributed by atoms with Crippen LogP contribution in [0.25, 0.3) is 0 Å². The van der Waals surface area contributed by atoms with Crippen LogP contribution in [0.4, 0.5) is 0 Å². The van der Waals surface area contributed by atoms with E-state index in [-0.39, 0.29) is 55.1 Å². The number of sulfonamides is 1. The van der Waals surface area contributed by atoms with Crippen molar-refractivity contribution in [3.8, 4) is 0 Å². The fourth-order valence-corrected chi connectivity index (χ4v) is 4.55. The van der Waals surface area contributed by atoms with Gasteiger partial charge in [-0.25, -0.2) is 8.42 Å². The number of aromatic nitrogens is 2. The van der Waals surface area contributed by atoms with Crippen molar-refractivity contribution in [3.05, 3.63) is 12.4 Å². The Morgan fingerprint density at radius 2 is 1.81 bits per heavy atom. The maximum absolute atomic E-state index is 12.7. The van der Waals surface area contributed by atoms with Gasteiger partial charge in [-0.15, -0.1) is 0 Å². The topological polar surface area (TPSA) is 113 Å². The lowest BCUT2D eigenvalue weighted by atomic mass is 10.3. The Morgan fingerprint density at radius 1 is 1.12 bits per heavy atom. The molecule has 2 aliphatic rings. The van der Waals surface area contributed by atoms with Crippen molar-refractivity contribution in [1.82, 2.24) is 23.9 Å². The van der Waals surface area contributed by atoms with Crippen LogP contribution in [0.2, 0.25) is 0 Å². The van der Waals surface area contributed by atoms with E-state index in [0.717, 1.165) is 4.90 Å².